The summed E-state index contributed by atoms with van der Waals surface area (Å²) in [6, 6.07) is 1.98. The summed E-state index contributed by atoms with van der Waals surface area (Å²) in [6.45, 7) is 10.3. The Morgan fingerprint density at radius 2 is 1.76 bits per heavy atom. The Balaban J connectivity index is 1.11. The molecule has 2 aliphatic rings. The third kappa shape index (κ3) is 6.05. The Bertz CT molecular complexity index is 1070. The molecule has 0 saturated carbocycles. The molecule has 5 rings (SSSR count). The average molecular weight is 481 g/mol. The molecule has 0 aliphatic carbocycles. The van der Waals surface area contributed by atoms with Gasteiger partial charge in [-0.05, 0) is 45.7 Å². The van der Waals surface area contributed by atoms with Gasteiger partial charge in [0.05, 0.1) is 13.2 Å². The first kappa shape index (κ1) is 23.1. The van der Waals surface area contributed by atoms with E-state index >= 15 is 0 Å². The second kappa shape index (κ2) is 10.7. The van der Waals surface area contributed by atoms with Crippen LogP contribution in [0, 0.1) is 19.8 Å². The Hall–Kier alpha value is -2.69. The number of nitrogens with one attached hydrogen (secondary N) is 1. The third-order valence-corrected chi connectivity index (χ3v) is 7.16. The smallest absolute Gasteiger partial charge is 0.225 e. The Labute approximate surface area is 204 Å². The zero-order valence-corrected chi connectivity index (χ0v) is 20.7. The van der Waals surface area contributed by atoms with Crippen molar-refractivity contribution in [2.75, 3.05) is 49.6 Å². The van der Waals surface area contributed by atoms with E-state index in [0.29, 0.717) is 5.92 Å². The fourth-order valence-corrected chi connectivity index (χ4v) is 5.20. The lowest BCUT2D eigenvalue weighted by atomic mass is 9.93. The molecule has 3 aromatic heterocycles. The molecule has 9 nitrogen and oxygen atoms in total. The largest absolute Gasteiger partial charge is 0.378 e. The summed E-state index contributed by atoms with van der Waals surface area (Å²) >= 11 is 1.63. The van der Waals surface area contributed by atoms with Crippen LogP contribution in [0.2, 0.25) is 0 Å². The predicted molar refractivity (Wildman–Crippen MR) is 134 cm³/mol. The van der Waals surface area contributed by atoms with Gasteiger partial charge in [-0.15, -0.1) is 11.3 Å². The van der Waals surface area contributed by atoms with Crippen LogP contribution in [-0.2, 0) is 17.7 Å². The van der Waals surface area contributed by atoms with E-state index in [4.69, 9.17) is 14.7 Å². The van der Waals surface area contributed by atoms with Gasteiger partial charge < -0.3 is 15.0 Å². The minimum absolute atomic E-state index is 0.605. The quantitative estimate of drug-likeness (QED) is 0.546. The van der Waals surface area contributed by atoms with Gasteiger partial charge in [0.1, 0.15) is 11.6 Å². The Morgan fingerprint density at radius 1 is 1.00 bits per heavy atom. The summed E-state index contributed by atoms with van der Waals surface area (Å²) < 4.78 is 5.41. The van der Waals surface area contributed by atoms with Crippen LogP contribution in [0.1, 0.15) is 34.8 Å². The number of piperidine rings is 1. The highest BCUT2D eigenvalue weighted by Crippen LogP contribution is 2.24. The molecule has 1 N–H and O–H groups in total. The van der Waals surface area contributed by atoms with Crippen LogP contribution in [0.15, 0.2) is 24.7 Å². The van der Waals surface area contributed by atoms with Gasteiger partial charge in [-0.25, -0.2) is 24.9 Å². The number of aryl methyl sites for hydroxylation is 2. The molecule has 3 aromatic rings. The summed E-state index contributed by atoms with van der Waals surface area (Å²) in [6.07, 6.45) is 9.04. The predicted octanol–water partition coefficient (Wildman–Crippen LogP) is 3.37. The van der Waals surface area contributed by atoms with Crippen LogP contribution in [0.25, 0.3) is 0 Å². The SMILES string of the molecule is Cc1cc(Nc2ncc(C)s2)nc(CC2CCN(Cc3cnc(N4CCOCC4)nc3)CC2)n1. The molecule has 34 heavy (non-hydrogen) atoms. The zero-order valence-electron chi connectivity index (χ0n) is 19.9. The number of hydrogen-bond donors (Lipinski definition) is 1. The van der Waals surface area contributed by atoms with E-state index in [1.54, 1.807) is 11.3 Å². The first-order chi connectivity index (χ1) is 16.6. The second-order valence-corrected chi connectivity index (χ2v) is 10.4. The van der Waals surface area contributed by atoms with Crippen molar-refractivity contribution in [1.29, 1.82) is 0 Å². The molecular weight excluding hydrogens is 448 g/mol. The third-order valence-electron chi connectivity index (χ3n) is 6.33. The van der Waals surface area contributed by atoms with Crippen molar-refractivity contribution in [3.63, 3.8) is 0 Å². The number of morpholine rings is 1. The monoisotopic (exact) mass is 480 g/mol. The molecule has 0 aromatic carbocycles. The van der Waals surface area contributed by atoms with Gasteiger partial charge in [-0.1, -0.05) is 0 Å². The van der Waals surface area contributed by atoms with Crippen LogP contribution >= 0.6 is 11.3 Å². The fourth-order valence-electron chi connectivity index (χ4n) is 4.53. The van der Waals surface area contributed by atoms with Gasteiger partial charge in [0.2, 0.25) is 5.95 Å². The normalized spacial score (nSPS) is 17.8. The lowest BCUT2D eigenvalue weighted by Gasteiger charge is -2.31. The summed E-state index contributed by atoms with van der Waals surface area (Å²) in [5, 5.41) is 4.20. The zero-order chi connectivity index (χ0) is 23.3. The van der Waals surface area contributed by atoms with E-state index in [-0.39, 0.29) is 0 Å². The lowest BCUT2D eigenvalue weighted by molar-refractivity contribution is 0.122. The number of anilines is 3. The van der Waals surface area contributed by atoms with Gasteiger partial charge >= 0.3 is 0 Å². The van der Waals surface area contributed by atoms with E-state index < -0.39 is 0 Å². The molecule has 2 saturated heterocycles. The standard InChI is InChI=1S/C24H32N8OS/c1-17-11-21(30-24-27-13-18(2)34-24)29-22(28-17)12-19-3-5-31(6-4-19)16-20-14-25-23(26-15-20)32-7-9-33-10-8-32/h11,13-15,19H,3-10,12,16H2,1-2H3,(H,27,28,29,30). The van der Waals surface area contributed by atoms with Crippen molar-refractivity contribution in [3.05, 3.63) is 46.6 Å². The van der Waals surface area contributed by atoms with E-state index in [1.807, 2.05) is 31.6 Å². The molecule has 2 fully saturated rings. The molecule has 2 aliphatic heterocycles. The van der Waals surface area contributed by atoms with Crippen molar-refractivity contribution in [2.45, 2.75) is 39.7 Å². The van der Waals surface area contributed by atoms with Crippen LogP contribution in [-0.4, -0.2) is 69.2 Å². The Morgan fingerprint density at radius 3 is 2.47 bits per heavy atom. The number of hydrogen-bond acceptors (Lipinski definition) is 10. The highest BCUT2D eigenvalue weighted by atomic mass is 32.1. The van der Waals surface area contributed by atoms with Gasteiger partial charge in [0.15, 0.2) is 5.13 Å². The molecule has 10 heteroatoms. The van der Waals surface area contributed by atoms with Gasteiger partial charge in [-0.3, -0.25) is 4.90 Å². The van der Waals surface area contributed by atoms with E-state index in [2.05, 4.69) is 37.0 Å². The maximum Gasteiger partial charge on any atom is 0.225 e. The first-order valence-corrected chi connectivity index (χ1v) is 12.8. The van der Waals surface area contributed by atoms with E-state index in [0.717, 1.165) is 93.6 Å². The minimum Gasteiger partial charge on any atom is -0.378 e. The number of aromatic nitrogens is 5. The highest BCUT2D eigenvalue weighted by molar-refractivity contribution is 7.15. The molecule has 0 amide bonds. The Kier molecular flexibility index (Phi) is 7.27. The van der Waals surface area contributed by atoms with Gasteiger partial charge in [0, 0.05) is 66.8 Å². The lowest BCUT2D eigenvalue weighted by Crippen LogP contribution is -2.37. The van der Waals surface area contributed by atoms with Crippen LogP contribution in [0.5, 0.6) is 0 Å². The van der Waals surface area contributed by atoms with Crippen LogP contribution in [0.4, 0.5) is 16.9 Å². The topological polar surface area (TPSA) is 92.2 Å². The molecule has 0 bridgehead atoms. The van der Waals surface area contributed by atoms with Crippen molar-refractivity contribution in [2.24, 2.45) is 5.92 Å². The van der Waals surface area contributed by atoms with Crippen LogP contribution < -0.4 is 10.2 Å². The number of nitrogens with zero attached hydrogens (tertiary/aromatic N) is 7. The molecule has 5 heterocycles. The fraction of sp³-hybridized carbons (Fsp3) is 0.542. The van der Waals surface area contributed by atoms with Gasteiger partial charge in [-0.2, -0.15) is 0 Å². The van der Waals surface area contributed by atoms with Crippen LogP contribution in [0.3, 0.4) is 0 Å². The molecule has 0 radical (unpaired) electrons. The maximum absolute atomic E-state index is 5.41. The summed E-state index contributed by atoms with van der Waals surface area (Å²) in [7, 11) is 0. The minimum atomic E-state index is 0.605. The number of thiazole rings is 1. The van der Waals surface area contributed by atoms with Crippen molar-refractivity contribution in [1.82, 2.24) is 29.8 Å². The molecule has 0 unspecified atom stereocenters. The second-order valence-electron chi connectivity index (χ2n) is 9.13. The number of likely N-dealkylation sites (tertiary alicyclic amines) is 1. The average Bonchev–Trinajstić information content (AvgIpc) is 3.25. The summed E-state index contributed by atoms with van der Waals surface area (Å²) in [4.78, 5) is 28.9. The van der Waals surface area contributed by atoms with Crippen molar-refractivity contribution < 1.29 is 4.74 Å². The molecule has 180 valence electrons. The summed E-state index contributed by atoms with van der Waals surface area (Å²) in [5.41, 5.74) is 2.16. The molecular formula is C24H32N8OS. The molecule has 0 atom stereocenters. The first-order valence-electron chi connectivity index (χ1n) is 12.0. The van der Waals surface area contributed by atoms with Crippen molar-refractivity contribution in [3.8, 4) is 0 Å². The number of ether oxygens (including phenoxy) is 1. The maximum atomic E-state index is 5.41. The van der Waals surface area contributed by atoms with E-state index in [9.17, 15) is 0 Å². The van der Waals surface area contributed by atoms with E-state index in [1.165, 1.54) is 10.4 Å². The van der Waals surface area contributed by atoms with Gasteiger partial charge in [0.25, 0.3) is 0 Å². The molecule has 0 spiro atoms. The summed E-state index contributed by atoms with van der Waals surface area (Å²) in [5.74, 6) is 3.16. The highest BCUT2D eigenvalue weighted by Gasteiger charge is 2.21. The number of rotatable bonds is 7. The van der Waals surface area contributed by atoms with Crippen molar-refractivity contribution >= 4 is 28.2 Å².